The van der Waals surface area contributed by atoms with Crippen LogP contribution in [0.15, 0.2) is 47.5 Å². The first-order valence-corrected chi connectivity index (χ1v) is 11.7. The van der Waals surface area contributed by atoms with E-state index in [0.717, 1.165) is 30.5 Å². The molecule has 2 aromatic rings. The van der Waals surface area contributed by atoms with Gasteiger partial charge in [0.2, 0.25) is 0 Å². The van der Waals surface area contributed by atoms with Crippen LogP contribution in [0.4, 0.5) is 30.7 Å². The van der Waals surface area contributed by atoms with Crippen molar-refractivity contribution in [3.8, 4) is 17.0 Å². The van der Waals surface area contributed by atoms with Gasteiger partial charge < -0.3 is 14.2 Å². The lowest BCUT2D eigenvalue weighted by molar-refractivity contribution is -0.253. The molecule has 3 rings (SSSR count). The molecule has 1 aliphatic rings. The van der Waals surface area contributed by atoms with Gasteiger partial charge in [0.1, 0.15) is 5.75 Å². The average Bonchev–Trinajstić information content (AvgIpc) is 2.84. The van der Waals surface area contributed by atoms with E-state index in [1.165, 1.54) is 12.1 Å². The number of hydrogen-bond acceptors (Lipinski definition) is 8. The number of alkyl halides is 7. The summed E-state index contributed by atoms with van der Waals surface area (Å²) in [6.07, 6.45) is -14.7. The number of aromatic nitrogens is 1. The van der Waals surface area contributed by atoms with Crippen LogP contribution in [0.25, 0.3) is 11.3 Å². The normalized spacial score (nSPS) is 16.3. The fourth-order valence-electron chi connectivity index (χ4n) is 3.35. The Balaban J connectivity index is 1.87. The van der Waals surface area contributed by atoms with Crippen LogP contribution in [0.2, 0.25) is 0 Å². The van der Waals surface area contributed by atoms with E-state index in [9.17, 15) is 48.7 Å². The van der Waals surface area contributed by atoms with Gasteiger partial charge in [-0.1, -0.05) is 0 Å². The number of hydrogen-bond donors (Lipinski definition) is 0. The van der Waals surface area contributed by atoms with E-state index in [1.807, 2.05) is 0 Å². The molecule has 2 heterocycles. The number of esters is 2. The average molecular weight is 559 g/mol. The number of benzene rings is 1. The highest BCUT2D eigenvalue weighted by Crippen LogP contribution is 2.37. The second-order valence-corrected chi connectivity index (χ2v) is 9.91. The highest BCUT2D eigenvalue weighted by molar-refractivity contribution is 7.93. The van der Waals surface area contributed by atoms with Gasteiger partial charge in [0, 0.05) is 37.8 Å². The number of carbonyl (C=O) groups is 2. The Bertz CT molecular complexity index is 1240. The highest BCUT2D eigenvalue weighted by Gasteiger charge is 2.56. The van der Waals surface area contributed by atoms with Gasteiger partial charge in [0.15, 0.2) is 14.6 Å². The molecule has 0 spiro atoms. The van der Waals surface area contributed by atoms with Crippen LogP contribution in [0.3, 0.4) is 0 Å². The summed E-state index contributed by atoms with van der Waals surface area (Å²) < 4.78 is 125. The summed E-state index contributed by atoms with van der Waals surface area (Å²) in [6.45, 7) is -0.641. The van der Waals surface area contributed by atoms with Crippen molar-refractivity contribution in [2.24, 2.45) is 0 Å². The molecule has 1 aromatic carbocycles. The third-order valence-corrected chi connectivity index (χ3v) is 7.77. The smallest absolute Gasteiger partial charge is 0.428 e. The van der Waals surface area contributed by atoms with E-state index >= 15 is 0 Å². The van der Waals surface area contributed by atoms with Gasteiger partial charge in [-0.15, -0.1) is 0 Å². The van der Waals surface area contributed by atoms with E-state index in [0.29, 0.717) is 0 Å². The van der Waals surface area contributed by atoms with Crippen molar-refractivity contribution in [2.45, 2.75) is 41.2 Å². The molecule has 16 heteroatoms. The zero-order chi connectivity index (χ0) is 27.6. The molecule has 1 aliphatic heterocycles. The van der Waals surface area contributed by atoms with Crippen LogP contribution >= 0.6 is 0 Å². The molecule has 0 saturated carbocycles. The standard InChI is InChI=1S/C21H16F7NO7S/c22-16(23)21(27,28)36-13-3-1-12(2-4-13)15-6-5-14(11-29-15)37(32,33)19(7-9-34-10-8-19)17(30)35-18(31)20(24,25)26/h1-6,11,16H,7-10H2. The van der Waals surface area contributed by atoms with E-state index < -0.39 is 68.7 Å². The lowest BCUT2D eigenvalue weighted by Crippen LogP contribution is -2.52. The van der Waals surface area contributed by atoms with Crippen LogP contribution in [0.5, 0.6) is 5.75 Å². The summed E-state index contributed by atoms with van der Waals surface area (Å²) in [5.41, 5.74) is 0.314. The number of ether oxygens (including phenoxy) is 3. The van der Waals surface area contributed by atoms with Crippen molar-refractivity contribution < 1.29 is 63.0 Å². The summed E-state index contributed by atoms with van der Waals surface area (Å²) in [7, 11) is -4.76. The van der Waals surface area contributed by atoms with Gasteiger partial charge in [-0.3, -0.25) is 4.98 Å². The van der Waals surface area contributed by atoms with Crippen LogP contribution in [-0.2, 0) is 28.9 Å². The molecular weight excluding hydrogens is 543 g/mol. The van der Waals surface area contributed by atoms with E-state index in [4.69, 9.17) is 4.74 Å². The van der Waals surface area contributed by atoms with Crippen LogP contribution in [0, 0.1) is 0 Å². The van der Waals surface area contributed by atoms with E-state index in [1.54, 1.807) is 0 Å². The highest BCUT2D eigenvalue weighted by atomic mass is 32.2. The summed E-state index contributed by atoms with van der Waals surface area (Å²) in [4.78, 5) is 27.0. The van der Waals surface area contributed by atoms with Gasteiger partial charge in [0.25, 0.3) is 0 Å². The van der Waals surface area contributed by atoms with Gasteiger partial charge in [0.05, 0.1) is 10.6 Å². The topological polar surface area (TPSA) is 109 Å². The monoisotopic (exact) mass is 559 g/mol. The Kier molecular flexibility index (Phi) is 7.83. The zero-order valence-corrected chi connectivity index (χ0v) is 19.1. The maximum absolute atomic E-state index is 13.3. The van der Waals surface area contributed by atoms with Crippen molar-refractivity contribution in [3.63, 3.8) is 0 Å². The molecule has 0 amide bonds. The summed E-state index contributed by atoms with van der Waals surface area (Å²) in [5.74, 6) is -5.36. The summed E-state index contributed by atoms with van der Waals surface area (Å²) in [6, 6.07) is 6.38. The largest absolute Gasteiger partial charge is 0.491 e. The van der Waals surface area contributed by atoms with Gasteiger partial charge in [-0.2, -0.15) is 30.7 Å². The van der Waals surface area contributed by atoms with Crippen molar-refractivity contribution in [2.75, 3.05) is 13.2 Å². The second-order valence-electron chi connectivity index (χ2n) is 7.65. The molecule has 0 atom stereocenters. The maximum Gasteiger partial charge on any atom is 0.491 e. The molecule has 1 fully saturated rings. The second kappa shape index (κ2) is 10.2. The Hall–Kier alpha value is -3.27. The molecule has 37 heavy (non-hydrogen) atoms. The first kappa shape index (κ1) is 28.3. The Morgan fingerprint density at radius 1 is 0.973 bits per heavy atom. The molecule has 0 bridgehead atoms. The number of halogens is 7. The minimum atomic E-state index is -5.54. The molecule has 1 saturated heterocycles. The Labute approximate surface area is 204 Å². The predicted octanol–water partition coefficient (Wildman–Crippen LogP) is 3.94. The third kappa shape index (κ3) is 5.84. The minimum absolute atomic E-state index is 0.0852. The van der Waals surface area contributed by atoms with Gasteiger partial charge in [-0.05, 0) is 36.4 Å². The number of sulfone groups is 1. The van der Waals surface area contributed by atoms with Crippen molar-refractivity contribution in [1.82, 2.24) is 4.98 Å². The molecule has 0 unspecified atom stereocenters. The Morgan fingerprint density at radius 3 is 2.05 bits per heavy atom. The SMILES string of the molecule is O=C(OC(=O)C1(S(=O)(=O)c2ccc(-c3ccc(OC(F)(F)C(F)F)cc3)nc2)CCOCC1)C(F)(F)F. The first-order chi connectivity index (χ1) is 17.1. The van der Waals surface area contributed by atoms with Gasteiger partial charge in [-0.25, -0.2) is 18.0 Å². The fourth-order valence-corrected chi connectivity index (χ4v) is 5.20. The quantitative estimate of drug-likeness (QED) is 0.285. The summed E-state index contributed by atoms with van der Waals surface area (Å²) >= 11 is 0. The number of pyridine rings is 1. The van der Waals surface area contributed by atoms with E-state index in [-0.39, 0.29) is 24.5 Å². The molecule has 0 N–H and O–H groups in total. The van der Waals surface area contributed by atoms with Crippen LogP contribution in [0.1, 0.15) is 12.8 Å². The zero-order valence-electron chi connectivity index (χ0n) is 18.3. The number of carbonyl (C=O) groups excluding carboxylic acids is 2. The third-order valence-electron chi connectivity index (χ3n) is 5.31. The molecule has 202 valence electrons. The number of rotatable bonds is 7. The van der Waals surface area contributed by atoms with Crippen LogP contribution < -0.4 is 4.74 Å². The molecule has 8 nitrogen and oxygen atoms in total. The van der Waals surface area contributed by atoms with Gasteiger partial charge >= 0.3 is 30.6 Å². The maximum atomic E-state index is 13.3. The molecule has 0 aliphatic carbocycles. The van der Waals surface area contributed by atoms with Crippen molar-refractivity contribution in [1.29, 1.82) is 0 Å². The summed E-state index contributed by atoms with van der Waals surface area (Å²) in [5, 5.41) is 0. The predicted molar refractivity (Wildman–Crippen MR) is 108 cm³/mol. The van der Waals surface area contributed by atoms with E-state index in [2.05, 4.69) is 14.5 Å². The molecular formula is C21H16F7NO7S. The number of nitrogens with zero attached hydrogens (tertiary/aromatic N) is 1. The lowest BCUT2D eigenvalue weighted by Gasteiger charge is -2.33. The molecule has 0 radical (unpaired) electrons. The Morgan fingerprint density at radius 2 is 1.57 bits per heavy atom. The molecule has 1 aromatic heterocycles. The van der Waals surface area contributed by atoms with Crippen LogP contribution in [-0.4, -0.2) is 62.0 Å². The lowest BCUT2D eigenvalue weighted by atomic mass is 9.99. The van der Waals surface area contributed by atoms with Crippen molar-refractivity contribution in [3.05, 3.63) is 42.6 Å². The minimum Gasteiger partial charge on any atom is -0.428 e. The first-order valence-electron chi connectivity index (χ1n) is 10.2. The van der Waals surface area contributed by atoms with Crippen molar-refractivity contribution >= 4 is 21.8 Å². The fraction of sp³-hybridized carbons (Fsp3) is 0.381.